The van der Waals surface area contributed by atoms with Gasteiger partial charge in [-0.3, -0.25) is 9.59 Å². The molecule has 0 aliphatic rings. The van der Waals surface area contributed by atoms with Gasteiger partial charge in [0.15, 0.2) is 0 Å². The lowest BCUT2D eigenvalue weighted by molar-refractivity contribution is -0.143. The fourth-order valence-corrected chi connectivity index (χ4v) is 11.3. The van der Waals surface area contributed by atoms with E-state index < -0.39 is 12.1 Å². The molecule has 0 fully saturated rings. The minimum atomic E-state index is -0.848. The molecule has 0 heterocycles. The maximum absolute atomic E-state index is 12.5. The van der Waals surface area contributed by atoms with Crippen LogP contribution in [-0.4, -0.2) is 47.4 Å². The molecule has 3 N–H and O–H groups in total. The number of rotatable bonds is 68. The Morgan fingerprint density at radius 1 is 0.346 bits per heavy atom. The first-order chi connectivity index (χ1) is 40.0. The van der Waals surface area contributed by atoms with Crippen molar-refractivity contribution in [2.75, 3.05) is 13.2 Å². The zero-order chi connectivity index (χ0) is 58.5. The number of allylic oxidation sites excluding steroid dienone is 7. The molecule has 0 aromatic heterocycles. The SMILES string of the molecule is CCCCCCCC/C=C\CCCCCCCCCC(=O)OCCCCCCCCCCC/C=C\C/C=C\CCCCCCCCCCCCCC(=O)NC(CO)C(O)/C=C/CCCCCCCCCCCCCCCCCCCC. The number of amides is 1. The summed E-state index contributed by atoms with van der Waals surface area (Å²) in [5, 5.41) is 23.2. The van der Waals surface area contributed by atoms with E-state index in [1.54, 1.807) is 6.08 Å². The molecule has 0 aliphatic carbocycles. The van der Waals surface area contributed by atoms with Crippen molar-refractivity contribution in [1.29, 1.82) is 0 Å². The van der Waals surface area contributed by atoms with Crippen molar-refractivity contribution in [2.24, 2.45) is 0 Å². The highest BCUT2D eigenvalue weighted by Crippen LogP contribution is 2.18. The van der Waals surface area contributed by atoms with Crippen LogP contribution in [0.1, 0.15) is 393 Å². The maximum Gasteiger partial charge on any atom is 0.305 e. The largest absolute Gasteiger partial charge is 0.466 e. The van der Waals surface area contributed by atoms with Crippen LogP contribution in [0.5, 0.6) is 0 Å². The zero-order valence-corrected chi connectivity index (χ0v) is 54.5. The Hall–Kier alpha value is -2.18. The van der Waals surface area contributed by atoms with E-state index in [9.17, 15) is 19.8 Å². The van der Waals surface area contributed by atoms with Crippen LogP contribution in [0.3, 0.4) is 0 Å². The predicted octanol–water partition coefficient (Wildman–Crippen LogP) is 23.6. The quantitative estimate of drug-likeness (QED) is 0.0320. The first-order valence-corrected chi connectivity index (χ1v) is 36.4. The molecule has 0 rings (SSSR count). The second-order valence-corrected chi connectivity index (χ2v) is 24.9. The highest BCUT2D eigenvalue weighted by atomic mass is 16.5. The number of ether oxygens (including phenoxy) is 1. The van der Waals surface area contributed by atoms with Gasteiger partial charge in [0.25, 0.3) is 0 Å². The van der Waals surface area contributed by atoms with Crippen molar-refractivity contribution in [2.45, 2.75) is 405 Å². The number of hydrogen-bond acceptors (Lipinski definition) is 5. The fraction of sp³-hybridized carbons (Fsp3) is 0.867. The smallest absolute Gasteiger partial charge is 0.305 e. The first-order valence-electron chi connectivity index (χ1n) is 36.4. The molecule has 0 spiro atoms. The minimum absolute atomic E-state index is 0.00723. The second kappa shape index (κ2) is 70.3. The molecule has 0 saturated heterocycles. The predicted molar refractivity (Wildman–Crippen MR) is 356 cm³/mol. The third-order valence-electron chi connectivity index (χ3n) is 16.8. The Kier molecular flexibility index (Phi) is 68.4. The molecule has 0 radical (unpaired) electrons. The van der Waals surface area contributed by atoms with E-state index in [1.165, 1.54) is 315 Å². The normalized spacial score (nSPS) is 12.8. The standard InChI is InChI=1S/C75H141NO5/c1-3-5-7-9-11-13-15-17-19-21-22-32-36-39-43-47-51-55-59-63-67-73(78)72(71-77)76-74(79)68-64-60-56-52-48-44-40-37-33-30-28-26-24-23-25-27-29-31-34-38-42-46-50-54-58-62-66-70-81-75(80)69-65-61-57-53-49-45-41-35-20-18-16-14-12-10-8-6-4-2/h18,20,23-24,27,29,63,67,72-73,77-78H,3-17,19,21-22,25-26,28,30-62,64-66,68-71H2,1-2H3,(H,76,79)/b20-18-,24-23-,29-27-,67-63+. The highest BCUT2D eigenvalue weighted by molar-refractivity contribution is 5.76. The van der Waals surface area contributed by atoms with Crippen LogP contribution in [0.15, 0.2) is 48.6 Å². The number of aliphatic hydroxyl groups excluding tert-OH is 2. The number of nitrogens with one attached hydrogen (secondary N) is 1. The molecule has 476 valence electrons. The summed E-state index contributed by atoms with van der Waals surface area (Å²) in [6.07, 6.45) is 91.9. The van der Waals surface area contributed by atoms with Crippen LogP contribution >= 0.6 is 0 Å². The summed E-state index contributed by atoms with van der Waals surface area (Å²) in [7, 11) is 0. The summed E-state index contributed by atoms with van der Waals surface area (Å²) in [5.74, 6) is -0.0609. The van der Waals surface area contributed by atoms with Crippen LogP contribution in [0.2, 0.25) is 0 Å². The van der Waals surface area contributed by atoms with Crippen molar-refractivity contribution in [3.05, 3.63) is 48.6 Å². The van der Waals surface area contributed by atoms with E-state index in [4.69, 9.17) is 4.74 Å². The summed E-state index contributed by atoms with van der Waals surface area (Å²) >= 11 is 0. The fourth-order valence-electron chi connectivity index (χ4n) is 11.3. The van der Waals surface area contributed by atoms with E-state index in [0.717, 1.165) is 51.4 Å². The van der Waals surface area contributed by atoms with Crippen molar-refractivity contribution in [3.8, 4) is 0 Å². The van der Waals surface area contributed by atoms with Crippen molar-refractivity contribution >= 4 is 11.9 Å². The molecule has 6 nitrogen and oxygen atoms in total. The van der Waals surface area contributed by atoms with Crippen molar-refractivity contribution in [1.82, 2.24) is 5.32 Å². The number of aliphatic hydroxyl groups is 2. The van der Waals surface area contributed by atoms with Crippen LogP contribution in [-0.2, 0) is 14.3 Å². The van der Waals surface area contributed by atoms with Gasteiger partial charge >= 0.3 is 5.97 Å². The Bertz CT molecular complexity index is 1360. The second-order valence-electron chi connectivity index (χ2n) is 24.9. The molecule has 81 heavy (non-hydrogen) atoms. The van der Waals surface area contributed by atoms with Gasteiger partial charge in [0.05, 0.1) is 25.4 Å². The van der Waals surface area contributed by atoms with Gasteiger partial charge in [-0.1, -0.05) is 339 Å². The molecule has 0 aliphatic heterocycles. The summed E-state index contributed by atoms with van der Waals surface area (Å²) < 4.78 is 5.50. The molecule has 6 heteroatoms. The van der Waals surface area contributed by atoms with E-state index in [1.807, 2.05) is 6.08 Å². The number of hydrogen-bond donors (Lipinski definition) is 3. The van der Waals surface area contributed by atoms with Gasteiger partial charge in [-0.05, 0) is 89.9 Å². The number of carbonyl (C=O) groups excluding carboxylic acids is 2. The van der Waals surface area contributed by atoms with Gasteiger partial charge in [-0.15, -0.1) is 0 Å². The Morgan fingerprint density at radius 3 is 0.951 bits per heavy atom. The third kappa shape index (κ3) is 66.8. The van der Waals surface area contributed by atoms with Gasteiger partial charge in [-0.2, -0.15) is 0 Å². The first kappa shape index (κ1) is 78.8. The van der Waals surface area contributed by atoms with Gasteiger partial charge in [-0.25, -0.2) is 0 Å². The molecule has 1 amide bonds. The van der Waals surface area contributed by atoms with E-state index in [2.05, 4.69) is 55.6 Å². The third-order valence-corrected chi connectivity index (χ3v) is 16.8. The topological polar surface area (TPSA) is 95.9 Å². The van der Waals surface area contributed by atoms with Gasteiger partial charge in [0.1, 0.15) is 0 Å². The molecule has 0 bridgehead atoms. The van der Waals surface area contributed by atoms with Crippen LogP contribution in [0.25, 0.3) is 0 Å². The zero-order valence-electron chi connectivity index (χ0n) is 54.5. The summed E-state index contributed by atoms with van der Waals surface area (Å²) in [6.45, 7) is 4.93. The molecule has 0 aromatic rings. The Balaban J connectivity index is 3.44. The molecule has 2 unspecified atom stereocenters. The molecular formula is C75H141NO5. The van der Waals surface area contributed by atoms with Crippen molar-refractivity contribution < 1.29 is 24.5 Å². The highest BCUT2D eigenvalue weighted by Gasteiger charge is 2.18. The summed E-state index contributed by atoms with van der Waals surface area (Å²) in [4.78, 5) is 24.6. The minimum Gasteiger partial charge on any atom is -0.466 e. The van der Waals surface area contributed by atoms with Crippen LogP contribution in [0, 0.1) is 0 Å². The average Bonchev–Trinajstić information content (AvgIpc) is 3.47. The van der Waals surface area contributed by atoms with Crippen molar-refractivity contribution in [3.63, 3.8) is 0 Å². The lowest BCUT2D eigenvalue weighted by Gasteiger charge is -2.20. The Labute approximate surface area is 506 Å². The lowest BCUT2D eigenvalue weighted by atomic mass is 10.0. The molecule has 2 atom stereocenters. The van der Waals surface area contributed by atoms with E-state index >= 15 is 0 Å². The maximum atomic E-state index is 12.5. The van der Waals surface area contributed by atoms with Crippen LogP contribution in [0.4, 0.5) is 0 Å². The summed E-state index contributed by atoms with van der Waals surface area (Å²) in [5.41, 5.74) is 0. The average molecular weight is 1140 g/mol. The molecule has 0 aromatic carbocycles. The van der Waals surface area contributed by atoms with Crippen LogP contribution < -0.4 is 5.32 Å². The van der Waals surface area contributed by atoms with Gasteiger partial charge in [0, 0.05) is 12.8 Å². The lowest BCUT2D eigenvalue weighted by Crippen LogP contribution is -2.45. The molecular weight excluding hydrogens is 995 g/mol. The van der Waals surface area contributed by atoms with E-state index in [-0.39, 0.29) is 18.5 Å². The van der Waals surface area contributed by atoms with Gasteiger partial charge < -0.3 is 20.3 Å². The Morgan fingerprint density at radius 2 is 0.617 bits per heavy atom. The van der Waals surface area contributed by atoms with Gasteiger partial charge in [0.2, 0.25) is 5.91 Å². The number of esters is 1. The monoisotopic (exact) mass is 1140 g/mol. The number of unbranched alkanes of at least 4 members (excludes halogenated alkanes) is 51. The molecule has 0 saturated carbocycles. The van der Waals surface area contributed by atoms with E-state index in [0.29, 0.717) is 19.4 Å². The summed E-state index contributed by atoms with van der Waals surface area (Å²) in [6, 6.07) is -0.632. The number of carbonyl (C=O) groups is 2.